The average Bonchev–Trinajstić information content (AvgIpc) is 3.38. The Balaban J connectivity index is 0.000000275. The van der Waals surface area contributed by atoms with Gasteiger partial charge in [-0.25, -0.2) is 14.8 Å². The number of nitrogens with zero attached hydrogens (tertiary/aromatic N) is 5. The Morgan fingerprint density at radius 2 is 1.73 bits per heavy atom. The van der Waals surface area contributed by atoms with E-state index < -0.39 is 0 Å². The summed E-state index contributed by atoms with van der Waals surface area (Å²) in [5.74, 6) is 0.207. The maximum Gasteiger partial charge on any atom is 0.314 e. The van der Waals surface area contributed by atoms with Gasteiger partial charge in [-0.2, -0.15) is 0 Å². The Bertz CT molecular complexity index is 1180. The van der Waals surface area contributed by atoms with E-state index in [1.807, 2.05) is 12.1 Å². The highest BCUT2D eigenvalue weighted by Gasteiger charge is 2.14. The number of likely N-dealkylation sites (tertiary alicyclic amines) is 1. The van der Waals surface area contributed by atoms with E-state index in [4.69, 9.17) is 16.2 Å². The van der Waals surface area contributed by atoms with Gasteiger partial charge in [0, 0.05) is 44.5 Å². The molecule has 5 rings (SSSR count). The van der Waals surface area contributed by atoms with E-state index in [0.717, 1.165) is 63.5 Å². The summed E-state index contributed by atoms with van der Waals surface area (Å²) in [4.78, 5) is 35.2. The number of rotatable bonds is 2. The van der Waals surface area contributed by atoms with Crippen molar-refractivity contribution in [3.8, 4) is 11.3 Å². The number of amides is 2. The van der Waals surface area contributed by atoms with Gasteiger partial charge in [0.1, 0.15) is 11.2 Å². The number of aromatic nitrogens is 3. The minimum atomic E-state index is -0.275. The molecule has 0 radical (unpaired) electrons. The van der Waals surface area contributed by atoms with Crippen LogP contribution in [0, 0.1) is 0 Å². The van der Waals surface area contributed by atoms with Crippen molar-refractivity contribution in [2.75, 3.05) is 50.0 Å². The van der Waals surface area contributed by atoms with Crippen LogP contribution in [0.3, 0.4) is 0 Å². The van der Waals surface area contributed by atoms with Crippen LogP contribution in [0.25, 0.3) is 22.2 Å². The number of fused-ring (bicyclic) bond motifs is 1. The SMILES string of the molecule is Cn1cnc2cc(-c3ccc(N4CCOCC4)cc3)nc(N)c2c1=O.NC(=O)N1CCCC1. The molecule has 0 bridgehead atoms. The highest BCUT2D eigenvalue weighted by atomic mass is 16.5. The molecule has 2 saturated heterocycles. The number of benzene rings is 1. The molecule has 2 aliphatic rings. The molecule has 0 atom stereocenters. The second-order valence-corrected chi connectivity index (χ2v) is 8.13. The lowest BCUT2D eigenvalue weighted by Gasteiger charge is -2.28. The van der Waals surface area contributed by atoms with Crippen LogP contribution in [-0.4, -0.2) is 64.9 Å². The van der Waals surface area contributed by atoms with Crippen LogP contribution in [0.1, 0.15) is 12.8 Å². The molecule has 0 spiro atoms. The highest BCUT2D eigenvalue weighted by Crippen LogP contribution is 2.26. The van der Waals surface area contributed by atoms with Gasteiger partial charge in [0.15, 0.2) is 0 Å². The Kier molecular flexibility index (Phi) is 6.74. The highest BCUT2D eigenvalue weighted by molar-refractivity contribution is 5.90. The molecule has 10 heteroatoms. The van der Waals surface area contributed by atoms with Crippen molar-refractivity contribution in [2.45, 2.75) is 12.8 Å². The number of anilines is 2. The van der Waals surface area contributed by atoms with Crippen molar-refractivity contribution >= 4 is 28.4 Å². The minimum Gasteiger partial charge on any atom is -0.383 e. The third kappa shape index (κ3) is 5.06. The van der Waals surface area contributed by atoms with Crippen molar-refractivity contribution < 1.29 is 9.53 Å². The zero-order chi connectivity index (χ0) is 23.4. The first-order valence-electron chi connectivity index (χ1n) is 11.0. The van der Waals surface area contributed by atoms with E-state index in [0.29, 0.717) is 16.6 Å². The number of carbonyl (C=O) groups is 1. The van der Waals surface area contributed by atoms with E-state index >= 15 is 0 Å². The molecule has 33 heavy (non-hydrogen) atoms. The average molecular weight is 452 g/mol. The Hall–Kier alpha value is -3.66. The van der Waals surface area contributed by atoms with Crippen molar-refractivity contribution in [3.05, 3.63) is 47.0 Å². The first-order chi connectivity index (χ1) is 15.9. The molecule has 10 nitrogen and oxygen atoms in total. The summed E-state index contributed by atoms with van der Waals surface area (Å²) in [6, 6.07) is 9.69. The van der Waals surface area contributed by atoms with Gasteiger partial charge in [-0.1, -0.05) is 12.1 Å². The molecular weight excluding hydrogens is 422 g/mol. The predicted octanol–water partition coefficient (Wildman–Crippen LogP) is 1.58. The van der Waals surface area contributed by atoms with Gasteiger partial charge in [0.25, 0.3) is 5.56 Å². The maximum absolute atomic E-state index is 12.2. The van der Waals surface area contributed by atoms with Gasteiger partial charge in [-0.15, -0.1) is 0 Å². The minimum absolute atomic E-state index is 0.191. The number of pyridine rings is 1. The number of aryl methyl sites for hydroxylation is 1. The smallest absolute Gasteiger partial charge is 0.314 e. The van der Waals surface area contributed by atoms with E-state index in [9.17, 15) is 9.59 Å². The third-order valence-electron chi connectivity index (χ3n) is 5.89. The molecule has 3 aromatic rings. The number of carbonyl (C=O) groups excluding carboxylic acids is 1. The molecule has 4 heterocycles. The fourth-order valence-corrected chi connectivity index (χ4v) is 4.00. The van der Waals surface area contributed by atoms with Gasteiger partial charge in [-0.3, -0.25) is 4.79 Å². The van der Waals surface area contributed by atoms with E-state index in [2.05, 4.69) is 27.0 Å². The fourth-order valence-electron chi connectivity index (χ4n) is 4.00. The summed E-state index contributed by atoms with van der Waals surface area (Å²) in [6.07, 6.45) is 3.72. The second kappa shape index (κ2) is 9.86. The number of nitrogen functional groups attached to an aromatic ring is 1. The molecule has 2 aromatic heterocycles. The van der Waals surface area contributed by atoms with Gasteiger partial charge < -0.3 is 30.6 Å². The lowest BCUT2D eigenvalue weighted by Crippen LogP contribution is -2.36. The molecule has 4 N–H and O–H groups in total. The summed E-state index contributed by atoms with van der Waals surface area (Å²) in [6.45, 7) is 5.02. The van der Waals surface area contributed by atoms with Crippen LogP contribution < -0.4 is 21.9 Å². The van der Waals surface area contributed by atoms with Crippen molar-refractivity contribution in [2.24, 2.45) is 12.8 Å². The van der Waals surface area contributed by atoms with E-state index in [1.165, 1.54) is 10.9 Å². The topological polar surface area (TPSA) is 133 Å². The number of hydrogen-bond donors (Lipinski definition) is 2. The molecule has 0 unspecified atom stereocenters. The van der Waals surface area contributed by atoms with Gasteiger partial charge in [-0.05, 0) is 31.0 Å². The van der Waals surface area contributed by atoms with Crippen LogP contribution in [0.5, 0.6) is 0 Å². The van der Waals surface area contributed by atoms with Gasteiger partial charge in [0.05, 0.1) is 30.8 Å². The summed E-state index contributed by atoms with van der Waals surface area (Å²) >= 11 is 0. The monoisotopic (exact) mass is 451 g/mol. The predicted molar refractivity (Wildman–Crippen MR) is 128 cm³/mol. The maximum atomic E-state index is 12.2. The van der Waals surface area contributed by atoms with Crippen LogP contribution in [-0.2, 0) is 11.8 Å². The first kappa shape index (κ1) is 22.5. The largest absolute Gasteiger partial charge is 0.383 e. The number of hydrogen-bond acceptors (Lipinski definition) is 7. The lowest BCUT2D eigenvalue weighted by molar-refractivity contribution is 0.122. The molecule has 2 amide bonds. The molecule has 0 saturated carbocycles. The molecule has 2 fully saturated rings. The van der Waals surface area contributed by atoms with Crippen LogP contribution >= 0.6 is 0 Å². The zero-order valence-corrected chi connectivity index (χ0v) is 18.7. The van der Waals surface area contributed by atoms with Crippen molar-refractivity contribution in [3.63, 3.8) is 0 Å². The van der Waals surface area contributed by atoms with E-state index in [1.54, 1.807) is 18.0 Å². The Labute approximate surface area is 191 Å². The summed E-state index contributed by atoms with van der Waals surface area (Å²) in [5, 5.41) is 0.360. The van der Waals surface area contributed by atoms with Crippen molar-refractivity contribution in [1.29, 1.82) is 0 Å². The molecule has 174 valence electrons. The first-order valence-corrected chi connectivity index (χ1v) is 11.0. The third-order valence-corrected chi connectivity index (χ3v) is 5.89. The summed E-state index contributed by atoms with van der Waals surface area (Å²) < 4.78 is 6.79. The number of morpholine rings is 1. The number of ether oxygens (including phenoxy) is 1. The lowest BCUT2D eigenvalue weighted by atomic mass is 10.1. The van der Waals surface area contributed by atoms with Gasteiger partial charge >= 0.3 is 6.03 Å². The molecular formula is C23H29N7O3. The molecule has 0 aliphatic carbocycles. The van der Waals surface area contributed by atoms with Crippen LogP contribution in [0.4, 0.5) is 16.3 Å². The number of primary amides is 1. The normalized spacial score (nSPS) is 15.9. The van der Waals surface area contributed by atoms with Crippen LogP contribution in [0.15, 0.2) is 41.5 Å². The Morgan fingerprint density at radius 3 is 2.33 bits per heavy atom. The quantitative estimate of drug-likeness (QED) is 0.604. The number of urea groups is 1. The fraction of sp³-hybridized carbons (Fsp3) is 0.391. The second-order valence-electron chi connectivity index (χ2n) is 8.13. The summed E-state index contributed by atoms with van der Waals surface area (Å²) in [5.41, 5.74) is 14.2. The molecule has 2 aliphatic heterocycles. The zero-order valence-electron chi connectivity index (χ0n) is 18.7. The molecule has 1 aromatic carbocycles. The Morgan fingerprint density at radius 1 is 1.06 bits per heavy atom. The standard InChI is InChI=1S/C18H19N5O2.C5H10N2O/c1-22-11-20-15-10-14(21-17(19)16(15)18(22)24)12-2-4-13(5-3-12)23-6-8-25-9-7-23;6-5(8)7-3-1-2-4-7/h2-5,10-11H,6-9H2,1H3,(H2,19,21);1-4H2,(H2,6,8). The van der Waals surface area contributed by atoms with Crippen molar-refractivity contribution in [1.82, 2.24) is 19.4 Å². The van der Waals surface area contributed by atoms with Gasteiger partial charge in [0.2, 0.25) is 0 Å². The summed E-state index contributed by atoms with van der Waals surface area (Å²) in [7, 11) is 1.65. The van der Waals surface area contributed by atoms with E-state index in [-0.39, 0.29) is 17.4 Å². The number of nitrogens with two attached hydrogens (primary N) is 2. The van der Waals surface area contributed by atoms with Crippen LogP contribution in [0.2, 0.25) is 0 Å².